The monoisotopic (exact) mass is 258 g/mol. The van der Waals surface area contributed by atoms with E-state index in [4.69, 9.17) is 9.15 Å². The maximum Gasteiger partial charge on any atom is 0.342 e. The zero-order valence-corrected chi connectivity index (χ0v) is 11.3. The zero-order valence-electron chi connectivity index (χ0n) is 11.3. The molecule has 0 unspecified atom stereocenters. The summed E-state index contributed by atoms with van der Waals surface area (Å²) in [4.78, 5) is 12.0. The predicted octanol–water partition coefficient (Wildman–Crippen LogP) is 4.08. The van der Waals surface area contributed by atoms with Crippen LogP contribution in [-0.4, -0.2) is 12.6 Å². The Morgan fingerprint density at radius 3 is 2.58 bits per heavy atom. The lowest BCUT2D eigenvalue weighted by atomic mass is 10.1. The van der Waals surface area contributed by atoms with Crippen LogP contribution < -0.4 is 0 Å². The predicted molar refractivity (Wildman–Crippen MR) is 74.1 cm³/mol. The highest BCUT2D eigenvalue weighted by atomic mass is 16.5. The van der Waals surface area contributed by atoms with E-state index in [9.17, 15) is 4.79 Å². The van der Waals surface area contributed by atoms with Crippen molar-refractivity contribution in [3.63, 3.8) is 0 Å². The molecule has 0 radical (unpaired) electrons. The van der Waals surface area contributed by atoms with E-state index in [0.29, 0.717) is 17.9 Å². The van der Waals surface area contributed by atoms with E-state index in [-0.39, 0.29) is 5.97 Å². The van der Waals surface area contributed by atoms with Crippen molar-refractivity contribution in [2.75, 3.05) is 6.61 Å². The van der Waals surface area contributed by atoms with Gasteiger partial charge in [0.05, 0.1) is 6.61 Å². The lowest BCUT2D eigenvalue weighted by Gasteiger charge is -2.02. The molecule has 0 amide bonds. The Morgan fingerprint density at radius 2 is 1.95 bits per heavy atom. The van der Waals surface area contributed by atoms with Gasteiger partial charge in [0.25, 0.3) is 0 Å². The lowest BCUT2D eigenvalue weighted by molar-refractivity contribution is 0.0527. The smallest absolute Gasteiger partial charge is 0.342 e. The molecule has 0 aliphatic rings. The van der Waals surface area contributed by atoms with Gasteiger partial charge in [0.1, 0.15) is 17.1 Å². The van der Waals surface area contributed by atoms with E-state index in [2.05, 4.69) is 6.92 Å². The van der Waals surface area contributed by atoms with Gasteiger partial charge in [0.15, 0.2) is 0 Å². The minimum atomic E-state index is -0.326. The maximum atomic E-state index is 12.0. The van der Waals surface area contributed by atoms with Crippen LogP contribution in [0.1, 0.15) is 36.4 Å². The van der Waals surface area contributed by atoms with Crippen LogP contribution in [0.25, 0.3) is 11.3 Å². The molecule has 1 aromatic carbocycles. The van der Waals surface area contributed by atoms with Crippen LogP contribution in [0.3, 0.4) is 0 Å². The Kier molecular flexibility index (Phi) is 4.39. The van der Waals surface area contributed by atoms with Gasteiger partial charge in [-0.1, -0.05) is 37.3 Å². The summed E-state index contributed by atoms with van der Waals surface area (Å²) in [6, 6.07) is 11.4. The molecule has 0 saturated heterocycles. The summed E-state index contributed by atoms with van der Waals surface area (Å²) in [5.41, 5.74) is 1.41. The fourth-order valence-corrected chi connectivity index (χ4v) is 1.98. The van der Waals surface area contributed by atoms with Crippen LogP contribution >= 0.6 is 0 Å². The fourth-order valence-electron chi connectivity index (χ4n) is 1.98. The van der Waals surface area contributed by atoms with E-state index >= 15 is 0 Å². The van der Waals surface area contributed by atoms with Crippen molar-refractivity contribution in [1.82, 2.24) is 0 Å². The van der Waals surface area contributed by atoms with E-state index in [1.807, 2.05) is 30.3 Å². The number of ether oxygens (including phenoxy) is 1. The highest BCUT2D eigenvalue weighted by Crippen LogP contribution is 2.28. The van der Waals surface area contributed by atoms with Gasteiger partial charge in [-0.15, -0.1) is 0 Å². The van der Waals surface area contributed by atoms with Gasteiger partial charge in [-0.05, 0) is 19.4 Å². The molecular weight excluding hydrogens is 240 g/mol. The summed E-state index contributed by atoms with van der Waals surface area (Å²) in [5, 5.41) is 0. The number of hydrogen-bond acceptors (Lipinski definition) is 3. The number of esters is 1. The average Bonchev–Trinajstić information content (AvgIpc) is 2.85. The first-order chi connectivity index (χ1) is 9.26. The molecule has 0 aliphatic heterocycles. The van der Waals surface area contributed by atoms with E-state index in [0.717, 1.165) is 24.2 Å². The summed E-state index contributed by atoms with van der Waals surface area (Å²) >= 11 is 0. The van der Waals surface area contributed by atoms with Gasteiger partial charge in [0.2, 0.25) is 0 Å². The summed E-state index contributed by atoms with van der Waals surface area (Å²) in [5.74, 6) is 1.10. The third-order valence-corrected chi connectivity index (χ3v) is 2.81. The Morgan fingerprint density at radius 1 is 1.21 bits per heavy atom. The van der Waals surface area contributed by atoms with Crippen LogP contribution in [0.4, 0.5) is 0 Å². The molecule has 0 spiro atoms. The van der Waals surface area contributed by atoms with Gasteiger partial charge in [-0.25, -0.2) is 4.79 Å². The lowest BCUT2D eigenvalue weighted by Crippen LogP contribution is -2.04. The maximum absolute atomic E-state index is 12.0. The van der Waals surface area contributed by atoms with Crippen LogP contribution in [0.2, 0.25) is 0 Å². The topological polar surface area (TPSA) is 39.4 Å². The third kappa shape index (κ3) is 3.05. The van der Waals surface area contributed by atoms with Crippen molar-refractivity contribution in [2.24, 2.45) is 0 Å². The van der Waals surface area contributed by atoms with Crippen molar-refractivity contribution in [3.8, 4) is 11.3 Å². The first-order valence-electron chi connectivity index (χ1n) is 6.61. The van der Waals surface area contributed by atoms with Crippen molar-refractivity contribution >= 4 is 5.97 Å². The van der Waals surface area contributed by atoms with Crippen molar-refractivity contribution < 1.29 is 13.9 Å². The molecule has 19 heavy (non-hydrogen) atoms. The second kappa shape index (κ2) is 6.23. The summed E-state index contributed by atoms with van der Waals surface area (Å²) < 4.78 is 10.9. The Labute approximate surface area is 113 Å². The average molecular weight is 258 g/mol. The molecule has 2 aromatic rings. The Balaban J connectivity index is 2.42. The summed E-state index contributed by atoms with van der Waals surface area (Å²) in [6.07, 6.45) is 1.79. The molecule has 0 saturated carbocycles. The standard InChI is InChI=1S/C16H18O3/c1-3-8-13-11-14(16(17)18-4-2)15(19-13)12-9-6-5-7-10-12/h5-7,9-11H,3-4,8H2,1-2H3. The molecule has 1 aromatic heterocycles. The normalized spacial score (nSPS) is 10.4. The zero-order chi connectivity index (χ0) is 13.7. The molecule has 0 aliphatic carbocycles. The summed E-state index contributed by atoms with van der Waals surface area (Å²) in [6.45, 7) is 4.24. The molecule has 0 bridgehead atoms. The van der Waals surface area contributed by atoms with Crippen molar-refractivity contribution in [3.05, 3.63) is 47.7 Å². The minimum Gasteiger partial charge on any atom is -0.462 e. The van der Waals surface area contributed by atoms with Gasteiger partial charge in [-0.2, -0.15) is 0 Å². The quantitative estimate of drug-likeness (QED) is 0.759. The number of rotatable bonds is 5. The van der Waals surface area contributed by atoms with Gasteiger partial charge in [-0.3, -0.25) is 0 Å². The minimum absolute atomic E-state index is 0.326. The molecule has 2 rings (SSSR count). The number of hydrogen-bond donors (Lipinski definition) is 0. The first kappa shape index (κ1) is 13.4. The largest absolute Gasteiger partial charge is 0.462 e. The molecule has 0 atom stereocenters. The second-order valence-corrected chi connectivity index (χ2v) is 4.29. The number of furan rings is 1. The second-order valence-electron chi connectivity index (χ2n) is 4.29. The molecule has 100 valence electrons. The number of aryl methyl sites for hydroxylation is 1. The first-order valence-corrected chi connectivity index (χ1v) is 6.61. The number of carbonyl (C=O) groups excluding carboxylic acids is 1. The Bertz CT molecular complexity index is 540. The highest BCUT2D eigenvalue weighted by Gasteiger charge is 2.19. The van der Waals surface area contributed by atoms with Crippen molar-refractivity contribution in [1.29, 1.82) is 0 Å². The number of benzene rings is 1. The molecule has 0 N–H and O–H groups in total. The van der Waals surface area contributed by atoms with Crippen LogP contribution in [-0.2, 0) is 11.2 Å². The van der Waals surface area contributed by atoms with Crippen LogP contribution in [0, 0.1) is 0 Å². The van der Waals surface area contributed by atoms with Gasteiger partial charge >= 0.3 is 5.97 Å². The molecule has 3 heteroatoms. The highest BCUT2D eigenvalue weighted by molar-refractivity contribution is 5.96. The van der Waals surface area contributed by atoms with Gasteiger partial charge in [0, 0.05) is 12.0 Å². The van der Waals surface area contributed by atoms with E-state index < -0.39 is 0 Å². The molecule has 0 fully saturated rings. The van der Waals surface area contributed by atoms with E-state index in [1.165, 1.54) is 0 Å². The Hall–Kier alpha value is -2.03. The van der Waals surface area contributed by atoms with Crippen LogP contribution in [0.15, 0.2) is 40.8 Å². The molecular formula is C16H18O3. The van der Waals surface area contributed by atoms with Crippen LogP contribution in [0.5, 0.6) is 0 Å². The molecule has 1 heterocycles. The SMILES string of the molecule is CCCc1cc(C(=O)OCC)c(-c2ccccc2)o1. The summed E-state index contributed by atoms with van der Waals surface area (Å²) in [7, 11) is 0. The van der Waals surface area contributed by atoms with Gasteiger partial charge < -0.3 is 9.15 Å². The third-order valence-electron chi connectivity index (χ3n) is 2.81. The number of carbonyl (C=O) groups is 1. The van der Waals surface area contributed by atoms with Crippen molar-refractivity contribution in [2.45, 2.75) is 26.7 Å². The van der Waals surface area contributed by atoms with E-state index in [1.54, 1.807) is 13.0 Å². The molecule has 3 nitrogen and oxygen atoms in total. The fraction of sp³-hybridized carbons (Fsp3) is 0.312.